The predicted octanol–water partition coefficient (Wildman–Crippen LogP) is 5.70. The van der Waals surface area contributed by atoms with E-state index in [-0.39, 0.29) is 22.4 Å². The van der Waals surface area contributed by atoms with Gasteiger partial charge in [-0.2, -0.15) is 0 Å². The van der Waals surface area contributed by atoms with E-state index in [1.807, 2.05) is 24.3 Å². The largest absolute Gasteiger partial charge is 0.360 e. The van der Waals surface area contributed by atoms with E-state index in [2.05, 4.69) is 17.4 Å². The van der Waals surface area contributed by atoms with Gasteiger partial charge in [-0.3, -0.25) is 18.7 Å². The topological polar surface area (TPSA) is 95.0 Å². The van der Waals surface area contributed by atoms with Gasteiger partial charge in [0.25, 0.3) is 5.56 Å². The number of carbonyl (C=O) groups excluding carboxylic acids is 1. The van der Waals surface area contributed by atoms with E-state index in [1.54, 1.807) is 17.6 Å². The summed E-state index contributed by atoms with van der Waals surface area (Å²) in [5.41, 5.74) is 2.43. The number of carbonyl (C=O) groups is 1. The molecule has 37 heavy (non-hydrogen) atoms. The maximum Gasteiger partial charge on any atom is 0.278 e. The lowest BCUT2D eigenvalue weighted by molar-refractivity contribution is -0.113. The lowest BCUT2D eigenvalue weighted by Gasteiger charge is -2.13. The molecule has 0 saturated carbocycles. The SMILES string of the molecule is CCc1ccc(-n2c(=S)sc3c(=O)n(-c4ccc(F)cc4)c(SCC(=O)Nc4cc(C)on4)nc32)cc1. The highest BCUT2D eigenvalue weighted by Gasteiger charge is 2.20. The number of thiazole rings is 1. The molecule has 12 heteroatoms. The van der Waals surface area contributed by atoms with E-state index in [9.17, 15) is 14.0 Å². The zero-order valence-corrected chi connectivity index (χ0v) is 22.2. The maximum atomic E-state index is 13.7. The van der Waals surface area contributed by atoms with Crippen molar-refractivity contribution >= 4 is 57.4 Å². The predicted molar refractivity (Wildman–Crippen MR) is 145 cm³/mol. The first kappa shape index (κ1) is 25.1. The minimum atomic E-state index is -0.431. The molecule has 0 unspecified atom stereocenters. The number of rotatable bonds is 7. The van der Waals surface area contributed by atoms with Crippen molar-refractivity contribution in [2.45, 2.75) is 25.4 Å². The minimum absolute atomic E-state index is 0.0544. The van der Waals surface area contributed by atoms with Crippen LogP contribution < -0.4 is 10.9 Å². The van der Waals surface area contributed by atoms with E-state index in [4.69, 9.17) is 21.7 Å². The number of nitrogens with one attached hydrogen (secondary N) is 1. The fourth-order valence-corrected chi connectivity index (χ4v) is 5.80. The van der Waals surface area contributed by atoms with Crippen molar-refractivity contribution in [2.75, 3.05) is 11.1 Å². The number of halogens is 1. The van der Waals surface area contributed by atoms with Crippen LogP contribution in [0.3, 0.4) is 0 Å². The average molecular weight is 554 g/mol. The first-order valence-corrected chi connectivity index (χ1v) is 13.4. The smallest absolute Gasteiger partial charge is 0.278 e. The Balaban J connectivity index is 1.60. The second kappa shape index (κ2) is 10.4. The van der Waals surface area contributed by atoms with Crippen LogP contribution >= 0.6 is 35.3 Å². The molecule has 188 valence electrons. The van der Waals surface area contributed by atoms with Gasteiger partial charge in [-0.15, -0.1) is 0 Å². The molecule has 5 aromatic rings. The molecular weight excluding hydrogens is 534 g/mol. The third kappa shape index (κ3) is 5.13. The van der Waals surface area contributed by atoms with Crippen LogP contribution in [0.15, 0.2) is 69.1 Å². The minimum Gasteiger partial charge on any atom is -0.360 e. The molecule has 1 N–H and O–H groups in total. The number of amides is 1. The van der Waals surface area contributed by atoms with Crippen LogP contribution in [0.4, 0.5) is 10.2 Å². The third-order valence-electron chi connectivity index (χ3n) is 5.49. The number of anilines is 1. The van der Waals surface area contributed by atoms with E-state index in [0.717, 1.165) is 35.2 Å². The van der Waals surface area contributed by atoms with Crippen molar-refractivity contribution < 1.29 is 13.7 Å². The number of aromatic nitrogens is 4. The molecule has 0 spiro atoms. The van der Waals surface area contributed by atoms with Crippen LogP contribution in [-0.4, -0.2) is 30.9 Å². The van der Waals surface area contributed by atoms with Crippen molar-refractivity contribution in [2.24, 2.45) is 0 Å². The monoisotopic (exact) mass is 553 g/mol. The second-order valence-electron chi connectivity index (χ2n) is 8.05. The Morgan fingerprint density at radius 1 is 1.14 bits per heavy atom. The molecular formula is C25H20FN5O3S3. The summed E-state index contributed by atoms with van der Waals surface area (Å²) in [6.07, 6.45) is 0.896. The van der Waals surface area contributed by atoms with Crippen LogP contribution in [0.25, 0.3) is 21.7 Å². The van der Waals surface area contributed by atoms with Crippen LogP contribution in [0, 0.1) is 16.7 Å². The Bertz CT molecular complexity index is 1720. The Morgan fingerprint density at radius 2 is 1.81 bits per heavy atom. The summed E-state index contributed by atoms with van der Waals surface area (Å²) < 4.78 is 22.6. The summed E-state index contributed by atoms with van der Waals surface area (Å²) in [7, 11) is 0. The molecule has 2 aromatic carbocycles. The van der Waals surface area contributed by atoms with E-state index in [1.165, 1.54) is 34.4 Å². The van der Waals surface area contributed by atoms with Crippen LogP contribution in [0.5, 0.6) is 0 Å². The number of hydrogen-bond acceptors (Lipinski definition) is 8. The van der Waals surface area contributed by atoms with E-state index >= 15 is 0 Å². The van der Waals surface area contributed by atoms with Crippen LogP contribution in [0.1, 0.15) is 18.2 Å². The number of thioether (sulfide) groups is 1. The Morgan fingerprint density at radius 3 is 2.46 bits per heavy atom. The van der Waals surface area contributed by atoms with Crippen LogP contribution in [-0.2, 0) is 11.2 Å². The molecule has 3 heterocycles. The van der Waals surface area contributed by atoms with Crippen molar-refractivity contribution in [1.82, 2.24) is 19.3 Å². The van der Waals surface area contributed by atoms with Gasteiger partial charge in [-0.25, -0.2) is 9.37 Å². The van der Waals surface area contributed by atoms with Crippen molar-refractivity contribution in [3.8, 4) is 11.4 Å². The van der Waals surface area contributed by atoms with Gasteiger partial charge in [-0.05, 0) is 67.5 Å². The van der Waals surface area contributed by atoms with Gasteiger partial charge >= 0.3 is 0 Å². The Hall–Kier alpha value is -3.61. The molecule has 1 amide bonds. The highest BCUT2D eigenvalue weighted by molar-refractivity contribution is 7.99. The lowest BCUT2D eigenvalue weighted by atomic mass is 10.1. The number of hydrogen-bond donors (Lipinski definition) is 1. The summed E-state index contributed by atoms with van der Waals surface area (Å²) in [5, 5.41) is 6.68. The number of nitrogens with zero attached hydrogens (tertiary/aromatic N) is 4. The van der Waals surface area contributed by atoms with Gasteiger partial charge < -0.3 is 9.84 Å². The fourth-order valence-electron chi connectivity index (χ4n) is 3.69. The first-order chi connectivity index (χ1) is 17.8. The lowest BCUT2D eigenvalue weighted by Crippen LogP contribution is -2.23. The highest BCUT2D eigenvalue weighted by Crippen LogP contribution is 2.28. The van der Waals surface area contributed by atoms with Crippen molar-refractivity contribution in [1.29, 1.82) is 0 Å². The van der Waals surface area contributed by atoms with Gasteiger partial charge in [0.2, 0.25) is 5.91 Å². The molecule has 0 aliphatic rings. The highest BCUT2D eigenvalue weighted by atomic mass is 32.2. The summed E-state index contributed by atoms with van der Waals surface area (Å²) in [5.74, 6) is 0.0229. The summed E-state index contributed by atoms with van der Waals surface area (Å²) in [6, 6.07) is 15.0. The third-order valence-corrected chi connectivity index (χ3v) is 7.78. The quantitative estimate of drug-likeness (QED) is 0.157. The molecule has 5 rings (SSSR count). The Labute approximate surface area is 223 Å². The van der Waals surface area contributed by atoms with E-state index in [0.29, 0.717) is 31.6 Å². The zero-order valence-electron chi connectivity index (χ0n) is 19.7. The fraction of sp³-hybridized carbons (Fsp3) is 0.160. The summed E-state index contributed by atoms with van der Waals surface area (Å²) in [4.78, 5) is 31.1. The molecule has 0 fully saturated rings. The summed E-state index contributed by atoms with van der Waals surface area (Å²) >= 11 is 7.85. The molecule has 3 aromatic heterocycles. The molecule has 0 radical (unpaired) electrons. The number of benzene rings is 2. The Kier molecular flexibility index (Phi) is 7.04. The molecule has 0 atom stereocenters. The standard InChI is InChI=1S/C25H20FN5O3S3/c1-3-15-4-8-17(9-5-15)30-22-21(37-25(30)35)23(33)31(18-10-6-16(26)7-11-18)24(28-22)36-13-20(32)27-19-12-14(2)34-29-19/h4-12H,3,13H2,1-2H3,(H,27,29,32). The van der Waals surface area contributed by atoms with E-state index < -0.39 is 5.82 Å². The number of aryl methyl sites for hydroxylation is 2. The second-order valence-corrected chi connectivity index (χ2v) is 10.6. The van der Waals surface area contributed by atoms with Crippen LogP contribution in [0.2, 0.25) is 0 Å². The molecule has 8 nitrogen and oxygen atoms in total. The maximum absolute atomic E-state index is 13.7. The van der Waals surface area contributed by atoms with Gasteiger partial charge in [0.05, 0.1) is 11.4 Å². The molecule has 0 saturated heterocycles. The number of fused-ring (bicyclic) bond motifs is 1. The molecule has 0 bridgehead atoms. The molecule has 0 aliphatic carbocycles. The van der Waals surface area contributed by atoms with Gasteiger partial charge in [0.15, 0.2) is 20.6 Å². The van der Waals surface area contributed by atoms with Crippen molar-refractivity contribution in [3.63, 3.8) is 0 Å². The van der Waals surface area contributed by atoms with Gasteiger partial charge in [-0.1, -0.05) is 47.3 Å². The van der Waals surface area contributed by atoms with Crippen molar-refractivity contribution in [3.05, 3.63) is 86.0 Å². The normalized spacial score (nSPS) is 11.2. The molecule has 0 aliphatic heterocycles. The summed E-state index contributed by atoms with van der Waals surface area (Å²) in [6.45, 7) is 3.79. The van der Waals surface area contributed by atoms with Gasteiger partial charge in [0.1, 0.15) is 16.3 Å². The van der Waals surface area contributed by atoms with Gasteiger partial charge in [0, 0.05) is 11.8 Å². The zero-order chi connectivity index (χ0) is 26.1. The first-order valence-electron chi connectivity index (χ1n) is 11.2. The average Bonchev–Trinajstić information content (AvgIpc) is 3.45.